The van der Waals surface area contributed by atoms with Crippen molar-refractivity contribution < 1.29 is 101 Å². The molecule has 0 N–H and O–H groups in total. The number of aromatic nitrogens is 14. The number of ether oxygens (including phenoxy) is 12. The number of hydrogen-bond donors (Lipinski definition) is 0. The van der Waals surface area contributed by atoms with E-state index in [9.17, 15) is 43.9 Å². The molecule has 0 bridgehead atoms. The summed E-state index contributed by atoms with van der Waals surface area (Å²) in [7, 11) is 10.8. The van der Waals surface area contributed by atoms with Crippen molar-refractivity contribution in [1.29, 1.82) is 0 Å². The Morgan fingerprint density at radius 1 is 0.246 bits per heavy atom. The van der Waals surface area contributed by atoms with E-state index in [1.54, 1.807) is 156 Å². The second kappa shape index (κ2) is 43.1. The van der Waals surface area contributed by atoms with Gasteiger partial charge in [-0.25, -0.2) is 34.9 Å². The minimum atomic E-state index is -3.02. The summed E-state index contributed by atoms with van der Waals surface area (Å²) in [5.74, 6) is -8.60. The van der Waals surface area contributed by atoms with E-state index in [2.05, 4.69) is 69.8 Å². The number of alkyl halides is 10. The molecule has 0 unspecified atom stereocenters. The van der Waals surface area contributed by atoms with Gasteiger partial charge in [0.1, 0.15) is 96.7 Å². The first-order valence-corrected chi connectivity index (χ1v) is 38.9. The van der Waals surface area contributed by atoms with Crippen LogP contribution < -0.4 is 56.8 Å². The van der Waals surface area contributed by atoms with Gasteiger partial charge in [0, 0.05) is 147 Å². The first-order valence-electron chi connectivity index (χ1n) is 38.6. The second-order valence-corrected chi connectivity index (χ2v) is 27.8. The Hall–Kier alpha value is -15.5. The highest BCUT2D eigenvalue weighted by molar-refractivity contribution is 6.32. The predicted molar refractivity (Wildman–Crippen MR) is 460 cm³/mol. The fourth-order valence-electron chi connectivity index (χ4n) is 11.7. The Bertz CT molecular complexity index is 5950. The van der Waals surface area contributed by atoms with E-state index in [0.717, 1.165) is 40.2 Å². The van der Waals surface area contributed by atoms with Crippen LogP contribution in [0.3, 0.4) is 0 Å². The van der Waals surface area contributed by atoms with Crippen molar-refractivity contribution in [1.82, 2.24) is 69.8 Å². The van der Waals surface area contributed by atoms with E-state index in [1.807, 2.05) is 30.3 Å². The number of pyridine rings is 14. The van der Waals surface area contributed by atoms with Gasteiger partial charge >= 0.3 is 0 Å². The Morgan fingerprint density at radius 3 is 0.900 bits per heavy atom. The van der Waals surface area contributed by atoms with Gasteiger partial charge in [-0.15, -0.1) is 0 Å². The maximum Gasteiger partial charge on any atom is 0.286 e. The Morgan fingerprint density at radius 2 is 0.562 bits per heavy atom. The first-order chi connectivity index (χ1) is 62.2. The highest BCUT2D eigenvalue weighted by Gasteiger charge is 2.32. The molecule has 0 aliphatic carbocycles. The van der Waals surface area contributed by atoms with Gasteiger partial charge in [0.05, 0.1) is 86.3 Å². The van der Waals surface area contributed by atoms with E-state index >= 15 is 0 Å². The van der Waals surface area contributed by atoms with Crippen LogP contribution in [0.15, 0.2) is 263 Å². The molecule has 0 fully saturated rings. The smallest absolute Gasteiger partial charge is 0.286 e. The molecule has 15 aromatic rings. The number of nitrogens with zero attached hydrogens (tertiary/aromatic N) is 14. The average molecular weight is 1810 g/mol. The summed E-state index contributed by atoms with van der Waals surface area (Å²) >= 11 is 6.12. The Labute approximate surface area is 743 Å². The highest BCUT2D eigenvalue weighted by atomic mass is 35.5. The summed E-state index contributed by atoms with van der Waals surface area (Å²) < 4.78 is 199. The molecule has 0 aliphatic heterocycles. The topological polar surface area (TPSA) is 291 Å². The van der Waals surface area contributed by atoms with Crippen molar-refractivity contribution in [3.05, 3.63) is 296 Å². The molecule has 0 amide bonds. The highest BCUT2D eigenvalue weighted by Crippen LogP contribution is 2.45. The van der Waals surface area contributed by atoms with Gasteiger partial charge in [-0.1, -0.05) is 11.6 Å². The summed E-state index contributed by atoms with van der Waals surface area (Å²) in [6, 6.07) is 45.0. The summed E-state index contributed by atoms with van der Waals surface area (Å²) in [6.07, 6.45) is 21.9. The van der Waals surface area contributed by atoms with Crippen LogP contribution in [-0.4, -0.2) is 120 Å². The summed E-state index contributed by atoms with van der Waals surface area (Å²) in [6.45, 7) is 3.95. The first kappa shape index (κ1) is 95.2. The lowest BCUT2D eigenvalue weighted by Crippen LogP contribution is -2.09. The minimum absolute atomic E-state index is 0.231. The lowest BCUT2D eigenvalue weighted by atomic mass is 10.1. The number of halogens is 11. The molecule has 15 rings (SSSR count). The Balaban J connectivity index is 0.000000157. The molecule has 130 heavy (non-hydrogen) atoms. The molecule has 0 radical (unpaired) electrons. The average Bonchev–Trinajstić information content (AvgIpc) is 0.817. The lowest BCUT2D eigenvalue weighted by molar-refractivity contribution is 0.0120. The zero-order valence-electron chi connectivity index (χ0n) is 71.1. The predicted octanol–water partition coefficient (Wildman–Crippen LogP) is 23.5. The van der Waals surface area contributed by atoms with Crippen LogP contribution in [0.25, 0.3) is 55.8 Å². The van der Waals surface area contributed by atoms with E-state index < -0.39 is 29.6 Å². The third kappa shape index (κ3) is 25.2. The molecule has 0 saturated carbocycles. The summed E-state index contributed by atoms with van der Waals surface area (Å²) in [5.41, 5.74) is 4.68. The van der Waals surface area contributed by atoms with Crippen LogP contribution in [0.4, 0.5) is 43.9 Å². The summed E-state index contributed by atoms with van der Waals surface area (Å²) in [4.78, 5) is 56.6. The van der Waals surface area contributed by atoms with Crippen LogP contribution in [0.1, 0.15) is 63.1 Å². The van der Waals surface area contributed by atoms with Gasteiger partial charge < -0.3 is 56.8 Å². The maximum absolute atomic E-state index is 13.3. The third-order valence-corrected chi connectivity index (χ3v) is 18.2. The van der Waals surface area contributed by atoms with Gasteiger partial charge in [-0.2, -0.15) is 43.9 Å². The SMILES string of the molecule is COc1c(Cl)cncc1-c1cccnc1Oc1ccc(C(C)(F)F)nc1.COc1ccc(OC)c(-c2cccnc2Oc2ccc(C(C)(F)F)nc2)c1.COc1ccc(OC)c(-c2cccnc2Oc2ccc(C(C)(F)F)nc2)n1.COc1ccncc1-c1cccnc1Oc1ccc(C(C)(F)F)nc1.COc1ncccc1-c1cccnc1Oc1ccc(C(C)(F)F)nc1. The van der Waals surface area contributed by atoms with Crippen LogP contribution in [0, 0.1) is 0 Å². The van der Waals surface area contributed by atoms with Crippen molar-refractivity contribution in [2.75, 3.05) is 49.8 Å². The maximum atomic E-state index is 13.3. The number of benzene rings is 1. The zero-order chi connectivity index (χ0) is 93.3. The minimum Gasteiger partial charge on any atom is -0.497 e. The van der Waals surface area contributed by atoms with E-state index in [0.29, 0.717) is 131 Å². The van der Waals surface area contributed by atoms with Crippen molar-refractivity contribution >= 4 is 11.6 Å². The van der Waals surface area contributed by atoms with Crippen molar-refractivity contribution in [2.24, 2.45) is 0 Å². The standard InChI is InChI=1S/C20H18F2N2O3.C19H17F2N3O3.C18H14ClF2N3O2.2C18H15F2N3O2/c1-20(21,22)18-9-7-14(12-24-18)27-19-15(5-4-10-23-19)16-11-13(25-2)6-8-17(16)26-3;1-19(20,21)15-8-6-12(11-23-15)27-18-13(5-4-10-22-18)17-14(25-2)7-9-16(24-17)26-3;1-18(20,21)15-6-5-11(8-24-15)26-17-12(4-3-7-23-17)13-9-22-10-14(19)16(13)25-2;1-18(19,20)15-8-7-12(11-23-15)25-17-14(6-4-10-22-17)13-5-3-9-21-16(13)24-2;1-18(19,20)16-6-5-12(10-23-16)25-17-13(4-3-8-22-17)14-11-21-9-7-15(14)24-2/h4-12H,1-3H3;4-11H,1-3H3;3-10H,1-2H3;2*3-11H,1-2H3. The van der Waals surface area contributed by atoms with Crippen molar-refractivity contribution in [2.45, 2.75) is 64.2 Å². The van der Waals surface area contributed by atoms with Crippen LogP contribution >= 0.6 is 11.6 Å². The third-order valence-electron chi connectivity index (χ3n) is 18.0. The van der Waals surface area contributed by atoms with Gasteiger partial charge in [-0.05, 0) is 164 Å². The molecule has 0 spiro atoms. The van der Waals surface area contributed by atoms with Crippen molar-refractivity contribution in [3.63, 3.8) is 0 Å². The zero-order valence-corrected chi connectivity index (χ0v) is 71.9. The van der Waals surface area contributed by atoms with E-state index in [1.165, 1.54) is 126 Å². The van der Waals surface area contributed by atoms with Gasteiger partial charge in [0.2, 0.25) is 41.2 Å². The molecular weight excluding hydrogens is 1730 g/mol. The molecule has 0 atom stereocenters. The van der Waals surface area contributed by atoms with Gasteiger partial charge in [-0.3, -0.25) is 34.9 Å². The molecule has 37 heteroatoms. The molecule has 670 valence electrons. The van der Waals surface area contributed by atoms with Crippen molar-refractivity contribution in [3.8, 4) is 154 Å². The van der Waals surface area contributed by atoms with Gasteiger partial charge in [0.25, 0.3) is 29.6 Å². The lowest BCUT2D eigenvalue weighted by Gasteiger charge is -2.14. The molecule has 0 saturated heterocycles. The number of rotatable bonds is 27. The molecule has 26 nitrogen and oxygen atoms in total. The Kier molecular flexibility index (Phi) is 31.6. The molecule has 0 aliphatic rings. The summed E-state index contributed by atoms with van der Waals surface area (Å²) in [5, 5.41) is 0.344. The van der Waals surface area contributed by atoms with Crippen LogP contribution in [0.5, 0.6) is 98.7 Å². The number of hydrogen-bond acceptors (Lipinski definition) is 26. The number of methoxy groups -OCH3 is 7. The second-order valence-electron chi connectivity index (χ2n) is 27.4. The van der Waals surface area contributed by atoms with E-state index in [4.69, 9.17) is 68.4 Å². The molecule has 14 heterocycles. The largest absolute Gasteiger partial charge is 0.497 e. The molecule has 14 aromatic heterocycles. The van der Waals surface area contributed by atoms with E-state index in [-0.39, 0.29) is 51.7 Å². The molecule has 1 aromatic carbocycles. The van der Waals surface area contributed by atoms with Gasteiger partial charge in [0.15, 0.2) is 0 Å². The molecular formula is C93H79ClF10N14O12. The van der Waals surface area contributed by atoms with Crippen LogP contribution in [0.2, 0.25) is 5.02 Å². The monoisotopic (exact) mass is 1810 g/mol. The van der Waals surface area contributed by atoms with Crippen LogP contribution in [-0.2, 0) is 29.6 Å². The quantitative estimate of drug-likeness (QED) is 0.0432. The fraction of sp³-hybridized carbons (Fsp3) is 0.183. The normalized spacial score (nSPS) is 11.2. The fourth-order valence-corrected chi connectivity index (χ4v) is 11.9.